The Labute approximate surface area is 108 Å². The molecule has 2 N–H and O–H groups in total. The average molecular weight is 264 g/mol. The lowest BCUT2D eigenvalue weighted by Gasteiger charge is -2.08. The Balaban J connectivity index is 2.61. The van der Waals surface area contributed by atoms with E-state index in [1.54, 1.807) is 6.20 Å². The fourth-order valence-electron chi connectivity index (χ4n) is 1.68. The standard InChI is InChI=1S/C10H12N6O3/c1-19-10-8(16(17)18)9(13-6-14-10)15-5-4-12-7(15)2-3-11/h4-6H,2-3,11H2,1H3. The predicted octanol–water partition coefficient (Wildman–Crippen LogP) is 0.0803. The molecule has 2 aromatic heterocycles. The molecule has 0 aliphatic rings. The molecule has 0 atom stereocenters. The summed E-state index contributed by atoms with van der Waals surface area (Å²) < 4.78 is 6.40. The van der Waals surface area contributed by atoms with Crippen LogP contribution in [0.5, 0.6) is 5.88 Å². The highest BCUT2D eigenvalue weighted by atomic mass is 16.6. The minimum Gasteiger partial charge on any atom is -0.476 e. The molecule has 100 valence electrons. The van der Waals surface area contributed by atoms with Gasteiger partial charge in [0.25, 0.3) is 5.88 Å². The van der Waals surface area contributed by atoms with Gasteiger partial charge in [0, 0.05) is 18.8 Å². The van der Waals surface area contributed by atoms with Gasteiger partial charge in [0.1, 0.15) is 12.2 Å². The van der Waals surface area contributed by atoms with E-state index in [1.165, 1.54) is 24.2 Å². The Morgan fingerprint density at radius 3 is 2.89 bits per heavy atom. The second-order valence-corrected chi connectivity index (χ2v) is 3.56. The van der Waals surface area contributed by atoms with Crippen LogP contribution >= 0.6 is 0 Å². The maximum absolute atomic E-state index is 11.2. The topological polar surface area (TPSA) is 122 Å². The molecule has 2 aromatic rings. The second-order valence-electron chi connectivity index (χ2n) is 3.56. The van der Waals surface area contributed by atoms with Gasteiger partial charge in [0.05, 0.1) is 12.0 Å². The smallest absolute Gasteiger partial charge is 0.373 e. The van der Waals surface area contributed by atoms with Gasteiger partial charge >= 0.3 is 5.69 Å². The van der Waals surface area contributed by atoms with Gasteiger partial charge in [-0.3, -0.25) is 14.7 Å². The maximum atomic E-state index is 11.2. The van der Waals surface area contributed by atoms with Crippen LogP contribution in [0.1, 0.15) is 5.82 Å². The molecule has 0 saturated carbocycles. The first kappa shape index (κ1) is 12.9. The lowest BCUT2D eigenvalue weighted by Crippen LogP contribution is -2.12. The van der Waals surface area contributed by atoms with Crippen LogP contribution in [-0.2, 0) is 6.42 Å². The third kappa shape index (κ3) is 2.36. The van der Waals surface area contributed by atoms with Crippen molar-refractivity contribution in [3.05, 3.63) is 34.7 Å². The van der Waals surface area contributed by atoms with Crippen molar-refractivity contribution in [2.75, 3.05) is 13.7 Å². The second kappa shape index (κ2) is 5.40. The number of nitro groups is 1. The number of rotatable bonds is 5. The maximum Gasteiger partial charge on any atom is 0.373 e. The van der Waals surface area contributed by atoms with Crippen LogP contribution in [0.25, 0.3) is 5.82 Å². The molecule has 0 aliphatic carbocycles. The van der Waals surface area contributed by atoms with Crippen molar-refractivity contribution in [3.63, 3.8) is 0 Å². The van der Waals surface area contributed by atoms with Gasteiger partial charge in [-0.1, -0.05) is 0 Å². The summed E-state index contributed by atoms with van der Waals surface area (Å²) in [5, 5.41) is 11.2. The molecule has 9 nitrogen and oxygen atoms in total. The molecular formula is C10H12N6O3. The van der Waals surface area contributed by atoms with Crippen LogP contribution in [0.2, 0.25) is 0 Å². The van der Waals surface area contributed by atoms with E-state index in [0.717, 1.165) is 0 Å². The van der Waals surface area contributed by atoms with Crippen molar-refractivity contribution in [3.8, 4) is 11.7 Å². The van der Waals surface area contributed by atoms with Crippen LogP contribution in [-0.4, -0.2) is 38.1 Å². The summed E-state index contributed by atoms with van der Waals surface area (Å²) in [6.07, 6.45) is 4.80. The average Bonchev–Trinajstić information content (AvgIpc) is 2.86. The number of ether oxygens (including phenoxy) is 1. The highest BCUT2D eigenvalue weighted by Crippen LogP contribution is 2.29. The molecule has 2 rings (SSSR count). The van der Waals surface area contributed by atoms with Gasteiger partial charge in [-0.15, -0.1) is 0 Å². The minimum absolute atomic E-state index is 0.0950. The quantitative estimate of drug-likeness (QED) is 0.599. The lowest BCUT2D eigenvalue weighted by atomic mass is 10.4. The molecule has 0 saturated heterocycles. The fourth-order valence-corrected chi connectivity index (χ4v) is 1.68. The van der Waals surface area contributed by atoms with E-state index in [-0.39, 0.29) is 17.4 Å². The third-order valence-corrected chi connectivity index (χ3v) is 2.46. The van der Waals surface area contributed by atoms with E-state index in [9.17, 15) is 10.1 Å². The van der Waals surface area contributed by atoms with Crippen LogP contribution in [0.3, 0.4) is 0 Å². The Morgan fingerprint density at radius 2 is 2.26 bits per heavy atom. The predicted molar refractivity (Wildman–Crippen MR) is 65.1 cm³/mol. The van der Waals surface area contributed by atoms with Crippen molar-refractivity contribution in [1.29, 1.82) is 0 Å². The molecule has 0 spiro atoms. The number of methoxy groups -OCH3 is 1. The van der Waals surface area contributed by atoms with Crippen LogP contribution in [0.15, 0.2) is 18.7 Å². The third-order valence-electron chi connectivity index (χ3n) is 2.46. The van der Waals surface area contributed by atoms with Gasteiger partial charge in [-0.2, -0.15) is 4.98 Å². The Morgan fingerprint density at radius 1 is 1.47 bits per heavy atom. The number of nitrogens with zero attached hydrogens (tertiary/aromatic N) is 5. The molecule has 9 heteroatoms. The van der Waals surface area contributed by atoms with Crippen molar-refractivity contribution in [2.24, 2.45) is 5.73 Å². The largest absolute Gasteiger partial charge is 0.476 e. The zero-order valence-electron chi connectivity index (χ0n) is 10.2. The SMILES string of the molecule is COc1ncnc(-n2ccnc2CCN)c1[N+](=O)[O-]. The molecule has 0 bridgehead atoms. The van der Waals surface area contributed by atoms with Gasteiger partial charge in [0.15, 0.2) is 0 Å². The monoisotopic (exact) mass is 264 g/mol. The van der Waals surface area contributed by atoms with Crippen LogP contribution in [0.4, 0.5) is 5.69 Å². The summed E-state index contributed by atoms with van der Waals surface area (Å²) in [6.45, 7) is 0.382. The summed E-state index contributed by atoms with van der Waals surface area (Å²) in [5.41, 5.74) is 5.17. The Kier molecular flexibility index (Phi) is 3.66. The number of hydrogen-bond donors (Lipinski definition) is 1. The molecule has 0 radical (unpaired) electrons. The van der Waals surface area contributed by atoms with E-state index in [2.05, 4.69) is 15.0 Å². The highest BCUT2D eigenvalue weighted by molar-refractivity contribution is 5.54. The first-order chi connectivity index (χ1) is 9.19. The van der Waals surface area contributed by atoms with E-state index in [1.807, 2.05) is 0 Å². The lowest BCUT2D eigenvalue weighted by molar-refractivity contribution is -0.386. The van der Waals surface area contributed by atoms with Crippen molar-refractivity contribution in [1.82, 2.24) is 19.5 Å². The highest BCUT2D eigenvalue weighted by Gasteiger charge is 2.26. The number of imidazole rings is 1. The van der Waals surface area contributed by atoms with Gasteiger partial charge in [-0.25, -0.2) is 9.97 Å². The normalized spacial score (nSPS) is 10.4. The summed E-state index contributed by atoms with van der Waals surface area (Å²) in [4.78, 5) is 22.3. The van der Waals surface area contributed by atoms with Gasteiger partial charge < -0.3 is 10.5 Å². The number of aromatic nitrogens is 4. The zero-order chi connectivity index (χ0) is 13.8. The first-order valence-corrected chi connectivity index (χ1v) is 5.45. The molecular weight excluding hydrogens is 252 g/mol. The number of nitrogens with two attached hydrogens (primary N) is 1. The molecule has 0 aliphatic heterocycles. The first-order valence-electron chi connectivity index (χ1n) is 5.45. The number of hydrogen-bond acceptors (Lipinski definition) is 7. The molecule has 0 unspecified atom stereocenters. The summed E-state index contributed by atoms with van der Waals surface area (Å²) in [7, 11) is 1.31. The van der Waals surface area contributed by atoms with Crippen LogP contribution < -0.4 is 10.5 Å². The summed E-state index contributed by atoms with van der Waals surface area (Å²) in [6, 6.07) is 0. The Hall–Kier alpha value is -2.55. The molecule has 19 heavy (non-hydrogen) atoms. The van der Waals surface area contributed by atoms with E-state index >= 15 is 0 Å². The summed E-state index contributed by atoms with van der Waals surface area (Å²) >= 11 is 0. The fraction of sp³-hybridized carbons (Fsp3) is 0.300. The van der Waals surface area contributed by atoms with Crippen molar-refractivity contribution >= 4 is 5.69 Å². The molecule has 2 heterocycles. The minimum atomic E-state index is -0.583. The van der Waals surface area contributed by atoms with E-state index < -0.39 is 4.92 Å². The van der Waals surface area contributed by atoms with Gasteiger partial charge in [-0.05, 0) is 6.54 Å². The van der Waals surface area contributed by atoms with Crippen molar-refractivity contribution in [2.45, 2.75) is 6.42 Å². The Bertz CT molecular complexity index is 597. The van der Waals surface area contributed by atoms with E-state index in [0.29, 0.717) is 18.8 Å². The molecule has 0 amide bonds. The van der Waals surface area contributed by atoms with Crippen molar-refractivity contribution < 1.29 is 9.66 Å². The van der Waals surface area contributed by atoms with Crippen LogP contribution in [0, 0.1) is 10.1 Å². The molecule has 0 fully saturated rings. The molecule has 0 aromatic carbocycles. The zero-order valence-corrected chi connectivity index (χ0v) is 10.2. The van der Waals surface area contributed by atoms with E-state index in [4.69, 9.17) is 10.5 Å². The van der Waals surface area contributed by atoms with Gasteiger partial charge in [0.2, 0.25) is 5.82 Å². The summed E-state index contributed by atoms with van der Waals surface area (Å²) in [5.74, 6) is 0.603.